The van der Waals surface area contributed by atoms with Crippen LogP contribution in [0, 0.1) is 15.0 Å². The number of nitrogens with zero attached hydrogens (tertiary/aromatic N) is 2. The van der Waals surface area contributed by atoms with E-state index in [2.05, 4.69) is 38.9 Å². The van der Waals surface area contributed by atoms with Gasteiger partial charge in [0.25, 0.3) is 0 Å². The Morgan fingerprint density at radius 2 is 2.31 bits per heavy atom. The number of fused-ring (bicyclic) bond motifs is 1. The van der Waals surface area contributed by atoms with Gasteiger partial charge in [0, 0.05) is 5.02 Å². The Bertz CT molecular complexity index is 512. The van der Waals surface area contributed by atoms with E-state index in [0.717, 1.165) is 14.6 Å². The number of nitriles is 1. The van der Waals surface area contributed by atoms with E-state index in [0.29, 0.717) is 10.6 Å². The van der Waals surface area contributed by atoms with Crippen LogP contribution in [0.15, 0.2) is 12.1 Å². The summed E-state index contributed by atoms with van der Waals surface area (Å²) in [5, 5.41) is 17.0. The SMILES string of the molecule is N#Cc1cc(Cl)cc2n[nH]c(I)c12. The summed E-state index contributed by atoms with van der Waals surface area (Å²) in [5.41, 5.74) is 1.29. The predicted molar refractivity (Wildman–Crippen MR) is 58.5 cm³/mol. The zero-order valence-electron chi connectivity index (χ0n) is 6.31. The summed E-state index contributed by atoms with van der Waals surface area (Å²) in [4.78, 5) is 0. The summed E-state index contributed by atoms with van der Waals surface area (Å²) < 4.78 is 0.862. The molecule has 0 saturated heterocycles. The van der Waals surface area contributed by atoms with Crippen LogP contribution in [0.5, 0.6) is 0 Å². The monoisotopic (exact) mass is 303 g/mol. The molecule has 0 unspecified atom stereocenters. The Morgan fingerprint density at radius 1 is 1.54 bits per heavy atom. The van der Waals surface area contributed by atoms with Crippen LogP contribution in [-0.4, -0.2) is 10.2 Å². The van der Waals surface area contributed by atoms with E-state index in [4.69, 9.17) is 16.9 Å². The lowest BCUT2D eigenvalue weighted by molar-refractivity contribution is 1.09. The van der Waals surface area contributed by atoms with Gasteiger partial charge in [-0.2, -0.15) is 10.4 Å². The first-order valence-electron chi connectivity index (χ1n) is 3.45. The fourth-order valence-corrected chi connectivity index (χ4v) is 2.06. The second kappa shape index (κ2) is 3.16. The molecule has 0 aliphatic carbocycles. The second-order valence-corrected chi connectivity index (χ2v) is 4.01. The van der Waals surface area contributed by atoms with Gasteiger partial charge in [-0.1, -0.05) is 11.6 Å². The molecule has 1 heterocycles. The molecule has 0 radical (unpaired) electrons. The number of hydrogen-bond donors (Lipinski definition) is 1. The van der Waals surface area contributed by atoms with Gasteiger partial charge in [-0.05, 0) is 34.7 Å². The predicted octanol–water partition coefficient (Wildman–Crippen LogP) is 2.69. The van der Waals surface area contributed by atoms with Gasteiger partial charge in [-0.3, -0.25) is 5.10 Å². The molecule has 1 aromatic carbocycles. The van der Waals surface area contributed by atoms with Crippen LogP contribution in [0.1, 0.15) is 5.56 Å². The maximum Gasteiger partial charge on any atom is 0.105 e. The van der Waals surface area contributed by atoms with Gasteiger partial charge in [0.15, 0.2) is 0 Å². The second-order valence-electron chi connectivity index (χ2n) is 2.50. The van der Waals surface area contributed by atoms with Crippen molar-refractivity contribution in [1.29, 1.82) is 5.26 Å². The van der Waals surface area contributed by atoms with Crippen LogP contribution < -0.4 is 0 Å². The maximum atomic E-state index is 8.85. The summed E-state index contributed by atoms with van der Waals surface area (Å²) >= 11 is 7.91. The highest BCUT2D eigenvalue weighted by atomic mass is 127. The minimum absolute atomic E-state index is 0.534. The van der Waals surface area contributed by atoms with Gasteiger partial charge in [0.05, 0.1) is 22.5 Å². The standard InChI is InChI=1S/C8H3ClIN3/c9-5-1-4(3-11)7-6(2-5)12-13-8(7)10/h1-2H,(H,12,13). The van der Waals surface area contributed by atoms with Gasteiger partial charge in [-0.15, -0.1) is 0 Å². The topological polar surface area (TPSA) is 52.5 Å². The molecule has 0 aliphatic heterocycles. The quantitative estimate of drug-likeness (QED) is 0.761. The third-order valence-corrected chi connectivity index (χ3v) is 2.70. The summed E-state index contributed by atoms with van der Waals surface area (Å²) in [7, 11) is 0. The van der Waals surface area contributed by atoms with Gasteiger partial charge < -0.3 is 0 Å². The number of hydrogen-bond acceptors (Lipinski definition) is 2. The summed E-state index contributed by atoms with van der Waals surface area (Å²) in [6.07, 6.45) is 0. The molecule has 2 rings (SSSR count). The van der Waals surface area contributed by atoms with E-state index in [-0.39, 0.29) is 0 Å². The van der Waals surface area contributed by atoms with Crippen LogP contribution in [-0.2, 0) is 0 Å². The zero-order chi connectivity index (χ0) is 9.42. The van der Waals surface area contributed by atoms with Crippen LogP contribution >= 0.6 is 34.2 Å². The van der Waals surface area contributed by atoms with Crippen LogP contribution in [0.2, 0.25) is 5.02 Å². The molecular weight excluding hydrogens is 300 g/mol. The Labute approximate surface area is 92.8 Å². The smallest absolute Gasteiger partial charge is 0.105 e. The van der Waals surface area contributed by atoms with E-state index in [9.17, 15) is 0 Å². The number of rotatable bonds is 0. The molecule has 0 saturated carbocycles. The molecule has 0 aliphatic rings. The molecule has 64 valence electrons. The first-order chi connectivity index (χ1) is 6.22. The maximum absolute atomic E-state index is 8.85. The van der Waals surface area contributed by atoms with Crippen molar-refractivity contribution >= 4 is 45.1 Å². The van der Waals surface area contributed by atoms with E-state index >= 15 is 0 Å². The van der Waals surface area contributed by atoms with Crippen molar-refractivity contribution < 1.29 is 0 Å². The lowest BCUT2D eigenvalue weighted by Crippen LogP contribution is -1.78. The molecule has 2 aromatic rings. The average molecular weight is 303 g/mol. The average Bonchev–Trinajstić information content (AvgIpc) is 2.46. The highest BCUT2D eigenvalue weighted by molar-refractivity contribution is 14.1. The summed E-state index contributed by atoms with van der Waals surface area (Å²) in [5.74, 6) is 0. The molecule has 5 heteroatoms. The summed E-state index contributed by atoms with van der Waals surface area (Å²) in [6, 6.07) is 5.46. The molecule has 0 atom stereocenters. The molecule has 0 spiro atoms. The van der Waals surface area contributed by atoms with E-state index in [1.807, 2.05) is 0 Å². The fourth-order valence-electron chi connectivity index (χ4n) is 1.16. The number of aromatic nitrogens is 2. The zero-order valence-corrected chi connectivity index (χ0v) is 9.22. The largest absolute Gasteiger partial charge is 0.271 e. The van der Waals surface area contributed by atoms with Crippen molar-refractivity contribution in [3.8, 4) is 6.07 Å². The molecule has 3 nitrogen and oxygen atoms in total. The van der Waals surface area contributed by atoms with Crippen molar-refractivity contribution in [2.75, 3.05) is 0 Å². The lowest BCUT2D eigenvalue weighted by atomic mass is 10.1. The Balaban J connectivity index is 2.95. The van der Waals surface area contributed by atoms with Crippen molar-refractivity contribution in [3.63, 3.8) is 0 Å². The molecule has 0 bridgehead atoms. The van der Waals surface area contributed by atoms with Crippen molar-refractivity contribution in [1.82, 2.24) is 10.2 Å². The summed E-state index contributed by atoms with van der Waals surface area (Å²) in [6.45, 7) is 0. The van der Waals surface area contributed by atoms with E-state index < -0.39 is 0 Å². The fraction of sp³-hybridized carbons (Fsp3) is 0. The third-order valence-electron chi connectivity index (χ3n) is 1.70. The van der Waals surface area contributed by atoms with Crippen LogP contribution in [0.25, 0.3) is 10.9 Å². The highest BCUT2D eigenvalue weighted by Gasteiger charge is 2.08. The molecule has 1 aromatic heterocycles. The Hall–Kier alpha value is -0.800. The van der Waals surface area contributed by atoms with E-state index in [1.54, 1.807) is 12.1 Å². The Kier molecular flexibility index (Phi) is 2.14. The lowest BCUT2D eigenvalue weighted by Gasteiger charge is -1.93. The van der Waals surface area contributed by atoms with Crippen molar-refractivity contribution in [2.24, 2.45) is 0 Å². The van der Waals surface area contributed by atoms with Crippen molar-refractivity contribution in [2.45, 2.75) is 0 Å². The number of benzene rings is 1. The molecular formula is C8H3ClIN3. The van der Waals surface area contributed by atoms with Crippen molar-refractivity contribution in [3.05, 3.63) is 26.4 Å². The minimum atomic E-state index is 0.534. The molecule has 0 amide bonds. The van der Waals surface area contributed by atoms with Gasteiger partial charge >= 0.3 is 0 Å². The first kappa shape index (κ1) is 8.78. The first-order valence-corrected chi connectivity index (χ1v) is 4.91. The van der Waals surface area contributed by atoms with Crippen LogP contribution in [0.4, 0.5) is 0 Å². The Morgan fingerprint density at radius 3 is 3.00 bits per heavy atom. The van der Waals surface area contributed by atoms with Gasteiger partial charge in [0.1, 0.15) is 3.70 Å². The molecule has 0 fully saturated rings. The molecule has 1 N–H and O–H groups in total. The number of H-pyrrole nitrogens is 1. The van der Waals surface area contributed by atoms with E-state index in [1.165, 1.54) is 0 Å². The molecule has 13 heavy (non-hydrogen) atoms. The van der Waals surface area contributed by atoms with Gasteiger partial charge in [-0.25, -0.2) is 0 Å². The third kappa shape index (κ3) is 1.38. The number of nitrogens with one attached hydrogen (secondary N) is 1. The normalized spacial score (nSPS) is 10.2. The van der Waals surface area contributed by atoms with Gasteiger partial charge in [0.2, 0.25) is 0 Å². The highest BCUT2D eigenvalue weighted by Crippen LogP contribution is 2.25. The minimum Gasteiger partial charge on any atom is -0.271 e. The number of aromatic amines is 1. The van der Waals surface area contributed by atoms with Crippen LogP contribution in [0.3, 0.4) is 0 Å². The number of halogens is 2.